The van der Waals surface area contributed by atoms with Crippen molar-refractivity contribution in [3.05, 3.63) is 59.5 Å². The van der Waals surface area contributed by atoms with Crippen molar-refractivity contribution < 1.29 is 9.18 Å². The van der Waals surface area contributed by atoms with Crippen molar-refractivity contribution in [2.45, 2.75) is 44.6 Å². The van der Waals surface area contributed by atoms with Gasteiger partial charge in [0.05, 0.1) is 5.41 Å². The summed E-state index contributed by atoms with van der Waals surface area (Å²) >= 11 is 0. The van der Waals surface area contributed by atoms with Gasteiger partial charge >= 0.3 is 0 Å². The Morgan fingerprint density at radius 2 is 1.90 bits per heavy atom. The summed E-state index contributed by atoms with van der Waals surface area (Å²) in [6.45, 7) is 7.85. The van der Waals surface area contributed by atoms with Crippen LogP contribution in [0.15, 0.2) is 42.6 Å². The Bertz CT molecular complexity index is 856. The fraction of sp³-hybridized carbons (Fsp3) is 0.500. The van der Waals surface area contributed by atoms with E-state index in [0.717, 1.165) is 75.4 Å². The normalized spacial score (nSPS) is 19.1. The van der Waals surface area contributed by atoms with Gasteiger partial charge in [-0.15, -0.1) is 0 Å². The molecule has 1 saturated heterocycles. The number of benzene rings is 1. The molecule has 0 radical (unpaired) electrons. The minimum Gasteiger partial charge on any atom is -0.354 e. The Morgan fingerprint density at radius 3 is 2.53 bits per heavy atom. The van der Waals surface area contributed by atoms with Crippen molar-refractivity contribution in [2.24, 2.45) is 0 Å². The van der Waals surface area contributed by atoms with Crippen molar-refractivity contribution >= 4 is 11.7 Å². The number of pyridine rings is 1. The Labute approximate surface area is 178 Å². The number of likely N-dealkylation sites (N-methyl/N-ethyl adjacent to an activating group) is 1. The third-order valence-corrected chi connectivity index (χ3v) is 6.67. The summed E-state index contributed by atoms with van der Waals surface area (Å²) in [6.07, 6.45) is 5.37. The van der Waals surface area contributed by atoms with Gasteiger partial charge in [-0.2, -0.15) is 0 Å². The van der Waals surface area contributed by atoms with Gasteiger partial charge in [-0.1, -0.05) is 38.0 Å². The fourth-order valence-electron chi connectivity index (χ4n) is 4.76. The lowest BCUT2D eigenvalue weighted by molar-refractivity contribution is -0.126. The molecule has 1 aliphatic carbocycles. The number of nitrogens with one attached hydrogen (secondary N) is 1. The van der Waals surface area contributed by atoms with Crippen LogP contribution in [0.3, 0.4) is 0 Å². The number of anilines is 1. The number of hydrogen-bond donors (Lipinski definition) is 1. The number of carbonyl (C=O) groups is 1. The van der Waals surface area contributed by atoms with E-state index in [4.69, 9.17) is 0 Å². The molecule has 2 fully saturated rings. The van der Waals surface area contributed by atoms with E-state index in [1.54, 1.807) is 6.07 Å². The zero-order chi connectivity index (χ0) is 21.0. The number of aromatic nitrogens is 1. The van der Waals surface area contributed by atoms with Crippen molar-refractivity contribution in [1.29, 1.82) is 0 Å². The van der Waals surface area contributed by atoms with E-state index in [1.165, 1.54) is 12.1 Å². The van der Waals surface area contributed by atoms with Gasteiger partial charge in [-0.25, -0.2) is 9.37 Å². The van der Waals surface area contributed by atoms with E-state index in [1.807, 2.05) is 24.4 Å². The van der Waals surface area contributed by atoms with Crippen molar-refractivity contribution in [3.8, 4) is 0 Å². The standard InChI is InChI=1S/C24H31FN4O/c1-2-28-12-14-29(15-13-28)22-9-8-19(17-26-22)18-27-23(30)24(10-3-4-11-24)20-6-5-7-21(25)16-20/h5-9,16-17H,2-4,10-15,18H2,1H3,(H,27,30). The summed E-state index contributed by atoms with van der Waals surface area (Å²) in [7, 11) is 0. The maximum atomic E-state index is 13.8. The summed E-state index contributed by atoms with van der Waals surface area (Å²) < 4.78 is 13.8. The lowest BCUT2D eigenvalue weighted by atomic mass is 9.78. The maximum absolute atomic E-state index is 13.8. The summed E-state index contributed by atoms with van der Waals surface area (Å²) in [6, 6.07) is 10.6. The van der Waals surface area contributed by atoms with Gasteiger partial charge in [0.1, 0.15) is 11.6 Å². The average molecular weight is 411 g/mol. The smallest absolute Gasteiger partial charge is 0.230 e. The minimum absolute atomic E-state index is 0.00892. The first kappa shape index (κ1) is 20.8. The van der Waals surface area contributed by atoms with Gasteiger partial charge in [-0.3, -0.25) is 4.79 Å². The molecule has 4 rings (SSSR count). The second-order valence-electron chi connectivity index (χ2n) is 8.43. The molecular weight excluding hydrogens is 379 g/mol. The molecule has 0 unspecified atom stereocenters. The van der Waals surface area contributed by atoms with Crippen LogP contribution in [0.5, 0.6) is 0 Å². The van der Waals surface area contributed by atoms with Crippen molar-refractivity contribution in [1.82, 2.24) is 15.2 Å². The quantitative estimate of drug-likeness (QED) is 0.792. The molecule has 6 heteroatoms. The number of halogens is 1. The molecule has 1 aromatic carbocycles. The molecule has 1 aromatic heterocycles. The predicted molar refractivity (Wildman–Crippen MR) is 117 cm³/mol. The van der Waals surface area contributed by atoms with Gasteiger partial charge in [0.2, 0.25) is 5.91 Å². The van der Waals surface area contributed by atoms with Crippen LogP contribution in [0.25, 0.3) is 0 Å². The fourth-order valence-corrected chi connectivity index (χ4v) is 4.76. The molecule has 2 aliphatic rings. The van der Waals surface area contributed by atoms with Gasteiger partial charge in [0.15, 0.2) is 0 Å². The molecule has 0 bridgehead atoms. The van der Waals surface area contributed by atoms with Crippen molar-refractivity contribution in [2.75, 3.05) is 37.6 Å². The first-order valence-corrected chi connectivity index (χ1v) is 11.1. The van der Waals surface area contributed by atoms with Crippen molar-refractivity contribution in [3.63, 3.8) is 0 Å². The van der Waals surface area contributed by atoms with Crippen LogP contribution in [0.2, 0.25) is 0 Å². The molecule has 1 saturated carbocycles. The molecule has 0 atom stereocenters. The van der Waals surface area contributed by atoms with Crippen LogP contribution in [-0.2, 0) is 16.8 Å². The van der Waals surface area contributed by atoms with Crippen LogP contribution in [0.1, 0.15) is 43.7 Å². The summed E-state index contributed by atoms with van der Waals surface area (Å²) in [4.78, 5) is 22.5. The lowest BCUT2D eigenvalue weighted by Crippen LogP contribution is -2.46. The summed E-state index contributed by atoms with van der Waals surface area (Å²) in [5.41, 5.74) is 1.15. The van der Waals surface area contributed by atoms with E-state index in [2.05, 4.69) is 27.0 Å². The van der Waals surface area contributed by atoms with E-state index in [9.17, 15) is 9.18 Å². The number of carbonyl (C=O) groups excluding carboxylic acids is 1. The Balaban J connectivity index is 1.38. The second kappa shape index (κ2) is 9.13. The minimum atomic E-state index is -0.617. The third-order valence-electron chi connectivity index (χ3n) is 6.67. The number of nitrogens with zero attached hydrogens (tertiary/aromatic N) is 3. The predicted octanol–water partition coefficient (Wildman–Crippen LogP) is 3.49. The molecule has 2 aromatic rings. The molecule has 5 nitrogen and oxygen atoms in total. The van der Waals surface area contributed by atoms with Crippen LogP contribution >= 0.6 is 0 Å². The highest BCUT2D eigenvalue weighted by Crippen LogP contribution is 2.41. The molecular formula is C24H31FN4O. The third kappa shape index (κ3) is 4.33. The Kier molecular flexibility index (Phi) is 6.32. The first-order valence-electron chi connectivity index (χ1n) is 11.1. The molecule has 1 N–H and O–H groups in total. The zero-order valence-corrected chi connectivity index (χ0v) is 17.7. The van der Waals surface area contributed by atoms with Gasteiger partial charge < -0.3 is 15.1 Å². The highest BCUT2D eigenvalue weighted by atomic mass is 19.1. The van der Waals surface area contributed by atoms with Crippen LogP contribution < -0.4 is 10.2 Å². The molecule has 2 heterocycles. The Morgan fingerprint density at radius 1 is 1.13 bits per heavy atom. The van der Waals surface area contributed by atoms with Crippen LogP contribution in [-0.4, -0.2) is 48.5 Å². The van der Waals surface area contributed by atoms with Crippen LogP contribution in [0, 0.1) is 5.82 Å². The molecule has 0 spiro atoms. The molecule has 30 heavy (non-hydrogen) atoms. The molecule has 1 amide bonds. The monoisotopic (exact) mass is 410 g/mol. The number of hydrogen-bond acceptors (Lipinski definition) is 4. The number of piperazine rings is 1. The highest BCUT2D eigenvalue weighted by Gasteiger charge is 2.42. The number of amides is 1. The van der Waals surface area contributed by atoms with Gasteiger partial charge in [0, 0.05) is 38.9 Å². The SMILES string of the molecule is CCN1CCN(c2ccc(CNC(=O)C3(c4cccc(F)c4)CCCC3)cn2)CC1. The van der Waals surface area contributed by atoms with E-state index >= 15 is 0 Å². The van der Waals surface area contributed by atoms with Crippen LogP contribution in [0.4, 0.5) is 10.2 Å². The van der Waals surface area contributed by atoms with Gasteiger partial charge in [-0.05, 0) is 48.7 Å². The van der Waals surface area contributed by atoms with E-state index in [0.29, 0.717) is 6.54 Å². The maximum Gasteiger partial charge on any atom is 0.230 e. The van der Waals surface area contributed by atoms with E-state index in [-0.39, 0.29) is 11.7 Å². The summed E-state index contributed by atoms with van der Waals surface area (Å²) in [5, 5.41) is 3.09. The summed E-state index contributed by atoms with van der Waals surface area (Å²) in [5.74, 6) is 0.698. The topological polar surface area (TPSA) is 48.5 Å². The highest BCUT2D eigenvalue weighted by molar-refractivity contribution is 5.88. The average Bonchev–Trinajstić information content (AvgIpc) is 3.29. The van der Waals surface area contributed by atoms with Gasteiger partial charge in [0.25, 0.3) is 0 Å². The second-order valence-corrected chi connectivity index (χ2v) is 8.43. The largest absolute Gasteiger partial charge is 0.354 e. The first-order chi connectivity index (χ1) is 14.6. The van der Waals surface area contributed by atoms with E-state index < -0.39 is 5.41 Å². The Hall–Kier alpha value is -2.47. The zero-order valence-electron chi connectivity index (χ0n) is 17.7. The molecule has 1 aliphatic heterocycles. The lowest BCUT2D eigenvalue weighted by Gasteiger charge is -2.34. The number of rotatable bonds is 6. The molecule has 160 valence electrons.